The maximum Gasteiger partial charge on any atom is 0.339 e. The highest BCUT2D eigenvalue weighted by Crippen LogP contribution is 2.18. The van der Waals surface area contributed by atoms with Crippen LogP contribution in [0.4, 0.5) is 5.69 Å². The third kappa shape index (κ3) is 5.79. The molecule has 1 heterocycles. The Hall–Kier alpha value is -4.17. The molecule has 0 spiro atoms. The summed E-state index contributed by atoms with van der Waals surface area (Å²) in [4.78, 5) is 17.2. The minimum absolute atomic E-state index is 0.00185. The van der Waals surface area contributed by atoms with Gasteiger partial charge in [0.2, 0.25) is 5.75 Å². The number of rotatable bonds is 7. The molecule has 0 aliphatic rings. The largest absolute Gasteiger partial charge is 0.455 e. The van der Waals surface area contributed by atoms with Gasteiger partial charge in [-0.05, 0) is 36.8 Å². The van der Waals surface area contributed by atoms with E-state index in [2.05, 4.69) is 10.3 Å². The quantitative estimate of drug-likeness (QED) is 0.391. The molecule has 0 atom stereocenters. The van der Waals surface area contributed by atoms with E-state index in [9.17, 15) is 13.2 Å². The number of hydrogen-bond donors (Lipinski definition) is 1. The van der Waals surface area contributed by atoms with E-state index in [1.54, 1.807) is 36.4 Å². The maximum absolute atomic E-state index is 12.8. The van der Waals surface area contributed by atoms with Crippen LogP contribution in [0.2, 0.25) is 0 Å². The molecule has 0 saturated carbocycles. The molecule has 0 bridgehead atoms. The number of hydrogen-bond acceptors (Lipinski definition) is 6. The minimum atomic E-state index is -4.14. The van der Waals surface area contributed by atoms with E-state index in [0.717, 1.165) is 17.4 Å². The van der Waals surface area contributed by atoms with Crippen molar-refractivity contribution in [1.29, 1.82) is 0 Å². The summed E-state index contributed by atoms with van der Waals surface area (Å²) >= 11 is 0. The molecular formula is C26H22N2O5S. The van der Waals surface area contributed by atoms with Gasteiger partial charge in [-0.15, -0.1) is 0 Å². The number of amides is 1. The fourth-order valence-corrected chi connectivity index (χ4v) is 3.98. The summed E-state index contributed by atoms with van der Waals surface area (Å²) in [5, 5.41) is 2.90. The zero-order chi connectivity index (χ0) is 24.0. The van der Waals surface area contributed by atoms with E-state index in [4.69, 9.17) is 8.60 Å². The Morgan fingerprint density at radius 3 is 2.26 bits per heavy atom. The van der Waals surface area contributed by atoms with Crippen LogP contribution >= 0.6 is 0 Å². The average Bonchev–Trinajstić information content (AvgIpc) is 2.85. The summed E-state index contributed by atoms with van der Waals surface area (Å²) in [6.07, 6.45) is 1.08. The molecule has 1 N–H and O–H groups in total. The van der Waals surface area contributed by atoms with Crippen LogP contribution in [0.1, 0.15) is 21.7 Å². The van der Waals surface area contributed by atoms with Crippen LogP contribution in [0.3, 0.4) is 0 Å². The molecule has 0 saturated heterocycles. The normalized spacial score (nSPS) is 11.7. The van der Waals surface area contributed by atoms with Crippen molar-refractivity contribution < 1.29 is 21.8 Å². The van der Waals surface area contributed by atoms with Crippen molar-refractivity contribution in [3.8, 4) is 5.75 Å². The van der Waals surface area contributed by atoms with Gasteiger partial charge in [0.25, 0.3) is 5.91 Å². The van der Waals surface area contributed by atoms with Gasteiger partial charge in [-0.25, -0.2) is 0 Å². The van der Waals surface area contributed by atoms with Crippen LogP contribution in [-0.4, -0.2) is 14.3 Å². The van der Waals surface area contributed by atoms with Crippen molar-refractivity contribution in [2.24, 2.45) is 4.99 Å². The number of carbonyl (C=O) groups is 1. The topological polar surface area (TPSA) is 98.0 Å². The van der Waals surface area contributed by atoms with Crippen LogP contribution in [0.25, 0.3) is 0 Å². The Kier molecular flexibility index (Phi) is 6.89. The first-order chi connectivity index (χ1) is 16.4. The van der Waals surface area contributed by atoms with E-state index in [1.807, 2.05) is 43.3 Å². The summed E-state index contributed by atoms with van der Waals surface area (Å²) in [5.41, 5.74) is 2.42. The Morgan fingerprint density at radius 1 is 0.941 bits per heavy atom. The van der Waals surface area contributed by atoms with Crippen molar-refractivity contribution in [2.45, 2.75) is 18.4 Å². The van der Waals surface area contributed by atoms with Gasteiger partial charge in [0, 0.05) is 11.8 Å². The number of nitrogens with zero attached hydrogens (tertiary/aromatic N) is 1. The van der Waals surface area contributed by atoms with Crippen LogP contribution in [0.15, 0.2) is 112 Å². The highest BCUT2D eigenvalue weighted by molar-refractivity contribution is 7.87. The number of anilines is 1. The van der Waals surface area contributed by atoms with Crippen LogP contribution in [0, 0.1) is 6.92 Å². The number of benzene rings is 3. The van der Waals surface area contributed by atoms with Crippen molar-refractivity contribution in [3.63, 3.8) is 0 Å². The molecule has 3 aromatic carbocycles. The lowest BCUT2D eigenvalue weighted by atomic mass is 10.2. The molecule has 34 heavy (non-hydrogen) atoms. The average molecular weight is 475 g/mol. The molecule has 0 fully saturated rings. The number of carbonyl (C=O) groups excluding carboxylic acids is 1. The standard InChI is InChI=1S/C26H22N2O5S/c1-19-12-14-22(15-13-19)34(30,31)33-25-18-32-24(26(29)28-21-10-6-3-7-11-21)16-23(25)27-17-20-8-4-2-5-9-20/h2-16,18H,17H2,1H3,(H,28,29). The van der Waals surface area contributed by atoms with Gasteiger partial charge in [-0.2, -0.15) is 8.42 Å². The molecule has 0 radical (unpaired) electrons. The van der Waals surface area contributed by atoms with Crippen molar-refractivity contribution in [3.05, 3.63) is 120 Å². The number of para-hydroxylation sites is 1. The molecule has 0 aliphatic carbocycles. The van der Waals surface area contributed by atoms with Gasteiger partial charge in [0.05, 0.1) is 6.54 Å². The fraction of sp³-hybridized carbons (Fsp3) is 0.0769. The Bertz CT molecular complexity index is 1450. The SMILES string of the molecule is Cc1ccc(S(=O)(=O)Oc2coc(C(=O)Nc3ccccc3)cc2=NCc2ccccc2)cc1. The van der Waals surface area contributed by atoms with E-state index < -0.39 is 16.0 Å². The third-order valence-corrected chi connectivity index (χ3v) is 6.10. The highest BCUT2D eigenvalue weighted by Gasteiger charge is 2.19. The molecule has 8 heteroatoms. The molecule has 1 aromatic heterocycles. The van der Waals surface area contributed by atoms with Crippen molar-refractivity contribution in [2.75, 3.05) is 5.32 Å². The lowest BCUT2D eigenvalue weighted by molar-refractivity contribution is 0.0994. The second-order valence-electron chi connectivity index (χ2n) is 7.47. The summed E-state index contributed by atoms with van der Waals surface area (Å²) < 4.78 is 36.4. The number of nitrogens with one attached hydrogen (secondary N) is 1. The van der Waals surface area contributed by atoms with E-state index in [0.29, 0.717) is 5.69 Å². The third-order valence-electron chi connectivity index (χ3n) is 4.85. The van der Waals surface area contributed by atoms with Gasteiger partial charge in [0.1, 0.15) is 16.5 Å². The lowest BCUT2D eigenvalue weighted by Crippen LogP contribution is -2.19. The van der Waals surface area contributed by atoms with Crippen molar-refractivity contribution in [1.82, 2.24) is 0 Å². The molecular weight excluding hydrogens is 452 g/mol. The first-order valence-corrected chi connectivity index (χ1v) is 11.9. The van der Waals surface area contributed by atoms with Gasteiger partial charge in [0.15, 0.2) is 5.76 Å². The summed E-state index contributed by atoms with van der Waals surface area (Å²) in [7, 11) is -4.14. The van der Waals surface area contributed by atoms with Crippen LogP contribution in [0.5, 0.6) is 5.75 Å². The van der Waals surface area contributed by atoms with Gasteiger partial charge in [-0.1, -0.05) is 66.2 Å². The van der Waals surface area contributed by atoms with Crippen molar-refractivity contribution >= 4 is 21.7 Å². The fourth-order valence-electron chi connectivity index (χ4n) is 3.06. The Labute approximate surface area is 197 Å². The zero-order valence-electron chi connectivity index (χ0n) is 18.3. The summed E-state index contributed by atoms with van der Waals surface area (Å²) in [6.45, 7) is 2.11. The molecule has 0 unspecified atom stereocenters. The smallest absolute Gasteiger partial charge is 0.339 e. The maximum atomic E-state index is 12.8. The zero-order valence-corrected chi connectivity index (χ0v) is 19.2. The summed E-state index contributed by atoms with van der Waals surface area (Å²) in [5.74, 6) is -0.668. The summed E-state index contributed by atoms with van der Waals surface area (Å²) in [6, 6.07) is 26.0. The predicted molar refractivity (Wildman–Crippen MR) is 128 cm³/mol. The Morgan fingerprint density at radius 2 is 1.59 bits per heavy atom. The second-order valence-corrected chi connectivity index (χ2v) is 9.01. The van der Waals surface area contributed by atoms with Gasteiger partial charge in [-0.3, -0.25) is 9.79 Å². The molecule has 1 amide bonds. The molecule has 4 aromatic rings. The molecule has 7 nitrogen and oxygen atoms in total. The van der Waals surface area contributed by atoms with Gasteiger partial charge >= 0.3 is 10.1 Å². The van der Waals surface area contributed by atoms with E-state index >= 15 is 0 Å². The minimum Gasteiger partial charge on any atom is -0.455 e. The van der Waals surface area contributed by atoms with Gasteiger partial charge < -0.3 is 13.9 Å². The first kappa shape index (κ1) is 23.0. The molecule has 4 rings (SSSR count). The van der Waals surface area contributed by atoms with E-state index in [-0.39, 0.29) is 28.3 Å². The highest BCUT2D eigenvalue weighted by atomic mass is 32.2. The Balaban J connectivity index is 1.68. The van der Waals surface area contributed by atoms with Crippen LogP contribution in [-0.2, 0) is 16.7 Å². The monoisotopic (exact) mass is 474 g/mol. The second kappa shape index (κ2) is 10.2. The molecule has 0 aliphatic heterocycles. The lowest BCUT2D eigenvalue weighted by Gasteiger charge is -2.09. The molecule has 172 valence electrons. The van der Waals surface area contributed by atoms with Crippen LogP contribution < -0.4 is 14.9 Å². The predicted octanol–water partition coefficient (Wildman–Crippen LogP) is 4.71. The van der Waals surface area contributed by atoms with E-state index in [1.165, 1.54) is 18.2 Å². The number of aryl methyl sites for hydroxylation is 1. The first-order valence-electron chi connectivity index (χ1n) is 10.5.